The van der Waals surface area contributed by atoms with Gasteiger partial charge in [-0.05, 0) is 51.2 Å². The quantitative estimate of drug-likeness (QED) is 0.773. The predicted molar refractivity (Wildman–Crippen MR) is 105 cm³/mol. The van der Waals surface area contributed by atoms with Crippen LogP contribution in [0.15, 0.2) is 23.0 Å². The molecule has 1 saturated carbocycles. The SMILES string of the molecule is CCS(=O)(=O)N[C@@H]1C[C@H]2CN(C(=O)c3cnccc3C)C[C@@]2(c2nc(C)no2)C1. The average Bonchev–Trinajstić information content (AvgIpc) is 3.34. The summed E-state index contributed by atoms with van der Waals surface area (Å²) >= 11 is 0. The molecule has 2 aliphatic rings. The minimum Gasteiger partial charge on any atom is -0.339 e. The molecule has 1 amide bonds. The maximum Gasteiger partial charge on any atom is 0.255 e. The maximum atomic E-state index is 13.1. The van der Waals surface area contributed by atoms with Gasteiger partial charge in [0.1, 0.15) is 0 Å². The Hall–Kier alpha value is -2.33. The largest absolute Gasteiger partial charge is 0.339 e. The molecule has 1 aliphatic heterocycles. The molecule has 1 saturated heterocycles. The highest BCUT2D eigenvalue weighted by Crippen LogP contribution is 2.50. The Morgan fingerprint density at radius 2 is 2.21 bits per heavy atom. The number of sulfonamides is 1. The molecule has 2 aromatic heterocycles. The van der Waals surface area contributed by atoms with Gasteiger partial charge in [-0.25, -0.2) is 13.1 Å². The number of aryl methyl sites for hydroxylation is 2. The molecule has 1 aliphatic carbocycles. The van der Waals surface area contributed by atoms with E-state index >= 15 is 0 Å². The van der Waals surface area contributed by atoms with E-state index < -0.39 is 15.4 Å². The minimum absolute atomic E-state index is 0.0335. The molecule has 0 radical (unpaired) electrons. The first-order valence-corrected chi connectivity index (χ1v) is 11.4. The van der Waals surface area contributed by atoms with Crippen molar-refractivity contribution in [2.24, 2.45) is 5.92 Å². The molecular weight excluding hydrogens is 394 g/mol. The van der Waals surface area contributed by atoms with Crippen molar-refractivity contribution in [3.63, 3.8) is 0 Å². The second-order valence-electron chi connectivity index (χ2n) is 8.03. The first-order chi connectivity index (χ1) is 13.7. The zero-order valence-corrected chi connectivity index (χ0v) is 17.6. The second-order valence-corrected chi connectivity index (χ2v) is 10.1. The molecule has 2 aromatic rings. The molecule has 156 valence electrons. The zero-order valence-electron chi connectivity index (χ0n) is 16.8. The summed E-state index contributed by atoms with van der Waals surface area (Å²) in [4.78, 5) is 23.5. The van der Waals surface area contributed by atoms with Crippen molar-refractivity contribution in [1.82, 2.24) is 24.7 Å². The highest BCUT2D eigenvalue weighted by Gasteiger charge is 2.58. The summed E-state index contributed by atoms with van der Waals surface area (Å²) in [7, 11) is -3.32. The van der Waals surface area contributed by atoms with Crippen LogP contribution in [0, 0.1) is 19.8 Å². The third-order valence-electron chi connectivity index (χ3n) is 6.11. The molecule has 0 bridgehead atoms. The monoisotopic (exact) mass is 419 g/mol. The van der Waals surface area contributed by atoms with Crippen LogP contribution >= 0.6 is 0 Å². The van der Waals surface area contributed by atoms with Gasteiger partial charge in [0, 0.05) is 31.5 Å². The highest BCUT2D eigenvalue weighted by atomic mass is 32.2. The number of aromatic nitrogens is 3. The third kappa shape index (κ3) is 3.55. The molecule has 4 rings (SSSR count). The number of likely N-dealkylation sites (tertiary alicyclic amines) is 1. The van der Waals surface area contributed by atoms with E-state index in [2.05, 4.69) is 19.8 Å². The van der Waals surface area contributed by atoms with E-state index in [4.69, 9.17) is 4.52 Å². The topological polar surface area (TPSA) is 118 Å². The van der Waals surface area contributed by atoms with Gasteiger partial charge in [0.25, 0.3) is 5.91 Å². The van der Waals surface area contributed by atoms with Gasteiger partial charge in [0.05, 0.1) is 16.7 Å². The molecule has 3 atom stereocenters. The van der Waals surface area contributed by atoms with E-state index in [9.17, 15) is 13.2 Å². The van der Waals surface area contributed by atoms with Crippen LogP contribution in [0.25, 0.3) is 0 Å². The van der Waals surface area contributed by atoms with E-state index in [1.54, 1.807) is 31.1 Å². The van der Waals surface area contributed by atoms with Crippen LogP contribution < -0.4 is 4.72 Å². The second kappa shape index (κ2) is 7.17. The Kier molecular flexibility index (Phi) is 4.94. The average molecular weight is 420 g/mol. The molecule has 0 unspecified atom stereocenters. The first-order valence-electron chi connectivity index (χ1n) is 9.75. The smallest absolute Gasteiger partial charge is 0.255 e. The van der Waals surface area contributed by atoms with Gasteiger partial charge < -0.3 is 9.42 Å². The number of nitrogens with zero attached hydrogens (tertiary/aromatic N) is 4. The van der Waals surface area contributed by atoms with Gasteiger partial charge in [-0.3, -0.25) is 9.78 Å². The van der Waals surface area contributed by atoms with Gasteiger partial charge in [0.15, 0.2) is 5.82 Å². The van der Waals surface area contributed by atoms with E-state index in [-0.39, 0.29) is 23.6 Å². The predicted octanol–water partition coefficient (Wildman–Crippen LogP) is 1.19. The number of hydrogen-bond acceptors (Lipinski definition) is 7. The van der Waals surface area contributed by atoms with Crippen molar-refractivity contribution in [1.29, 1.82) is 0 Å². The normalized spacial score (nSPS) is 26.7. The molecule has 0 spiro atoms. The molecule has 9 nitrogen and oxygen atoms in total. The first kappa shape index (κ1) is 20.0. The summed E-state index contributed by atoms with van der Waals surface area (Å²) < 4.78 is 32.5. The van der Waals surface area contributed by atoms with Crippen LogP contribution in [-0.2, 0) is 15.4 Å². The summed E-state index contributed by atoms with van der Waals surface area (Å²) in [6.07, 6.45) is 4.40. The molecule has 29 heavy (non-hydrogen) atoms. The summed E-state index contributed by atoms with van der Waals surface area (Å²) in [5.74, 6) is 1.00. The molecule has 10 heteroatoms. The van der Waals surface area contributed by atoms with Crippen molar-refractivity contribution in [3.05, 3.63) is 41.3 Å². The lowest BCUT2D eigenvalue weighted by Crippen LogP contribution is -2.40. The summed E-state index contributed by atoms with van der Waals surface area (Å²) in [5, 5.41) is 3.94. The van der Waals surface area contributed by atoms with Crippen molar-refractivity contribution in [2.75, 3.05) is 18.8 Å². The van der Waals surface area contributed by atoms with Crippen molar-refractivity contribution in [2.45, 2.75) is 45.1 Å². The summed E-state index contributed by atoms with van der Waals surface area (Å²) in [6.45, 7) is 6.18. The van der Waals surface area contributed by atoms with E-state index in [1.807, 2.05) is 13.0 Å². The number of amides is 1. The third-order valence-corrected chi connectivity index (χ3v) is 7.56. The van der Waals surface area contributed by atoms with Gasteiger partial charge in [-0.1, -0.05) is 5.16 Å². The van der Waals surface area contributed by atoms with Gasteiger partial charge >= 0.3 is 0 Å². The van der Waals surface area contributed by atoms with E-state index in [0.717, 1.165) is 5.56 Å². The summed E-state index contributed by atoms with van der Waals surface area (Å²) in [5.41, 5.74) is 0.902. The molecule has 3 heterocycles. The number of hydrogen-bond donors (Lipinski definition) is 1. The van der Waals surface area contributed by atoms with Crippen LogP contribution in [0.5, 0.6) is 0 Å². The molecular formula is C19H25N5O4S. The number of pyridine rings is 1. The Morgan fingerprint density at radius 1 is 1.41 bits per heavy atom. The Labute approximate surface area is 169 Å². The van der Waals surface area contributed by atoms with Crippen LogP contribution in [0.1, 0.15) is 47.4 Å². The maximum absolute atomic E-state index is 13.1. The van der Waals surface area contributed by atoms with Gasteiger partial charge in [-0.2, -0.15) is 4.98 Å². The van der Waals surface area contributed by atoms with Crippen molar-refractivity contribution >= 4 is 15.9 Å². The summed E-state index contributed by atoms with van der Waals surface area (Å²) in [6, 6.07) is 1.60. The number of carbonyl (C=O) groups is 1. The lowest BCUT2D eigenvalue weighted by molar-refractivity contribution is 0.0772. The Bertz CT molecular complexity index is 1040. The number of carbonyl (C=O) groups excluding carboxylic acids is 1. The van der Waals surface area contributed by atoms with Crippen LogP contribution in [0.2, 0.25) is 0 Å². The van der Waals surface area contributed by atoms with Crippen molar-refractivity contribution < 1.29 is 17.7 Å². The van der Waals surface area contributed by atoms with Gasteiger partial charge in [-0.15, -0.1) is 0 Å². The van der Waals surface area contributed by atoms with Crippen LogP contribution in [0.4, 0.5) is 0 Å². The van der Waals surface area contributed by atoms with Crippen molar-refractivity contribution in [3.8, 4) is 0 Å². The number of rotatable bonds is 5. The fraction of sp³-hybridized carbons (Fsp3) is 0.579. The Balaban J connectivity index is 1.63. The van der Waals surface area contributed by atoms with E-state index in [0.29, 0.717) is 43.2 Å². The highest BCUT2D eigenvalue weighted by molar-refractivity contribution is 7.89. The van der Waals surface area contributed by atoms with E-state index in [1.165, 1.54) is 0 Å². The zero-order chi connectivity index (χ0) is 20.8. The Morgan fingerprint density at radius 3 is 2.86 bits per heavy atom. The molecule has 2 fully saturated rings. The number of fused-ring (bicyclic) bond motifs is 1. The lowest BCUT2D eigenvalue weighted by Gasteiger charge is -2.25. The van der Waals surface area contributed by atoms with Crippen LogP contribution in [0.3, 0.4) is 0 Å². The molecule has 1 N–H and O–H groups in total. The van der Waals surface area contributed by atoms with Crippen LogP contribution in [-0.4, -0.2) is 59.2 Å². The minimum atomic E-state index is -3.32. The van der Waals surface area contributed by atoms with Gasteiger partial charge in [0.2, 0.25) is 15.9 Å². The lowest BCUT2D eigenvalue weighted by atomic mass is 9.80. The fourth-order valence-electron chi connectivity index (χ4n) is 4.64. The fourth-order valence-corrected chi connectivity index (χ4v) is 5.50. The number of nitrogens with one attached hydrogen (secondary N) is 1. The molecule has 0 aromatic carbocycles. The standard InChI is InChI=1S/C19H25N5O4S/c1-4-29(26,27)23-15-7-14-10-24(17(25)16-9-20-6-5-12(16)2)11-19(14,8-15)18-21-13(3)22-28-18/h5-6,9,14-15,23H,4,7-8,10-11H2,1-3H3/t14-,15+,19-/m0/s1.